The quantitative estimate of drug-likeness (QED) is 0.213. The lowest BCUT2D eigenvalue weighted by Gasteiger charge is -2.29. The van der Waals surface area contributed by atoms with E-state index in [2.05, 4.69) is 58.4 Å². The zero-order valence-electron chi connectivity index (χ0n) is 23.0. The highest BCUT2D eigenvalue weighted by molar-refractivity contribution is 5.98. The molecule has 0 spiro atoms. The van der Waals surface area contributed by atoms with Gasteiger partial charge >= 0.3 is 0 Å². The smallest absolute Gasteiger partial charge is 0.247 e. The summed E-state index contributed by atoms with van der Waals surface area (Å²) in [4.78, 5) is 18.9. The minimum absolute atomic E-state index is 0.0644. The number of guanidine groups is 1. The van der Waals surface area contributed by atoms with E-state index in [0.29, 0.717) is 25.0 Å². The van der Waals surface area contributed by atoms with Gasteiger partial charge in [-0.05, 0) is 59.7 Å². The molecule has 0 heterocycles. The maximum Gasteiger partial charge on any atom is 0.247 e. The third-order valence-corrected chi connectivity index (χ3v) is 8.17. The number of aliphatic imine (C=N–C) groups is 1. The molecule has 2 fully saturated rings. The van der Waals surface area contributed by atoms with E-state index in [4.69, 9.17) is 10.7 Å². The number of nitrogens with zero attached hydrogens (tertiary/aromatic N) is 1. The summed E-state index contributed by atoms with van der Waals surface area (Å²) in [7, 11) is 0. The summed E-state index contributed by atoms with van der Waals surface area (Å²) in [6.45, 7) is 0.480. The number of carbonyl (C=O) groups is 1. The molecule has 206 valence electrons. The van der Waals surface area contributed by atoms with Crippen molar-refractivity contribution in [3.05, 3.63) is 77.9 Å². The summed E-state index contributed by atoms with van der Waals surface area (Å²) in [6.07, 6.45) is 12.6. The number of amides is 1. The molecule has 0 aliphatic heterocycles. The molecule has 6 heteroatoms. The molecule has 1 amide bonds. The van der Waals surface area contributed by atoms with Crippen LogP contribution in [0.2, 0.25) is 0 Å². The van der Waals surface area contributed by atoms with Crippen LogP contribution in [0.1, 0.15) is 75.3 Å². The minimum atomic E-state index is -0.473. The summed E-state index contributed by atoms with van der Waals surface area (Å²) in [5.41, 5.74) is 8.70. The number of benzene rings is 3. The molecule has 5 rings (SSSR count). The van der Waals surface area contributed by atoms with Gasteiger partial charge in [0.25, 0.3) is 0 Å². The summed E-state index contributed by atoms with van der Waals surface area (Å²) < 4.78 is 0. The molecule has 0 saturated heterocycles. The van der Waals surface area contributed by atoms with Crippen LogP contribution < -0.4 is 21.7 Å². The zero-order chi connectivity index (χ0) is 26.9. The van der Waals surface area contributed by atoms with Gasteiger partial charge in [-0.15, -0.1) is 0 Å². The highest BCUT2D eigenvalue weighted by atomic mass is 16.2. The van der Waals surface area contributed by atoms with Gasteiger partial charge in [-0.3, -0.25) is 4.79 Å². The van der Waals surface area contributed by atoms with Crippen molar-refractivity contribution < 1.29 is 4.79 Å². The molecular formula is C33H43N5O. The second-order valence-electron chi connectivity index (χ2n) is 11.2. The standard InChI is InChI=1S/C33H43N5O/c34-23-24-16-19-30(20-17-24)35-32(39)31(22-25-15-18-26-9-7-8-10-27(26)21-25)38-33(36-28-11-3-1-4-12-28)37-29-13-5-2-6-14-29/h7-10,15-21,28-29,31H,1-6,11-14,22-23,34H2,(H,35,39)(H2,36,37,38)/t31-/m1/s1. The van der Waals surface area contributed by atoms with Gasteiger partial charge in [0.15, 0.2) is 5.96 Å². The Hall–Kier alpha value is -3.38. The van der Waals surface area contributed by atoms with E-state index >= 15 is 0 Å². The highest BCUT2D eigenvalue weighted by Crippen LogP contribution is 2.22. The number of nitrogens with one attached hydrogen (secondary N) is 3. The third kappa shape index (κ3) is 7.82. The first-order chi connectivity index (χ1) is 19.2. The van der Waals surface area contributed by atoms with Gasteiger partial charge in [0, 0.05) is 24.7 Å². The summed E-state index contributed by atoms with van der Waals surface area (Å²) in [5.74, 6) is 0.721. The zero-order valence-corrected chi connectivity index (χ0v) is 23.0. The van der Waals surface area contributed by atoms with Crippen LogP contribution in [0.3, 0.4) is 0 Å². The van der Waals surface area contributed by atoms with E-state index in [9.17, 15) is 4.79 Å². The fraction of sp³-hybridized carbons (Fsp3) is 0.455. The van der Waals surface area contributed by atoms with Crippen molar-refractivity contribution in [3.63, 3.8) is 0 Å². The Bertz CT molecular complexity index is 1240. The SMILES string of the molecule is NCc1ccc(NC(=O)[C@@H](Cc2ccc3ccccc3c2)NC(=NC2CCCCC2)NC2CCCCC2)cc1. The normalized spacial score (nSPS) is 18.0. The summed E-state index contributed by atoms with van der Waals surface area (Å²) >= 11 is 0. The molecule has 2 aliphatic carbocycles. The topological polar surface area (TPSA) is 91.5 Å². The third-order valence-electron chi connectivity index (χ3n) is 8.17. The molecule has 3 aromatic carbocycles. The van der Waals surface area contributed by atoms with Gasteiger partial charge in [-0.1, -0.05) is 93.1 Å². The number of nitrogens with two attached hydrogens (primary N) is 1. The first kappa shape index (κ1) is 27.2. The van der Waals surface area contributed by atoms with Gasteiger partial charge in [-0.25, -0.2) is 4.99 Å². The van der Waals surface area contributed by atoms with Crippen LogP contribution in [-0.4, -0.2) is 30.0 Å². The van der Waals surface area contributed by atoms with Crippen molar-refractivity contribution in [1.82, 2.24) is 10.6 Å². The van der Waals surface area contributed by atoms with Gasteiger partial charge < -0.3 is 21.7 Å². The van der Waals surface area contributed by atoms with Crippen LogP contribution in [-0.2, 0) is 17.8 Å². The van der Waals surface area contributed by atoms with Crippen LogP contribution in [0.5, 0.6) is 0 Å². The van der Waals surface area contributed by atoms with Crippen molar-refractivity contribution in [2.75, 3.05) is 5.32 Å². The molecule has 0 bridgehead atoms. The maximum absolute atomic E-state index is 13.8. The fourth-order valence-electron chi connectivity index (χ4n) is 5.88. The number of hydrogen-bond acceptors (Lipinski definition) is 3. The number of rotatable bonds is 8. The van der Waals surface area contributed by atoms with Crippen molar-refractivity contribution in [2.24, 2.45) is 10.7 Å². The molecular weight excluding hydrogens is 482 g/mol. The highest BCUT2D eigenvalue weighted by Gasteiger charge is 2.24. The molecule has 1 atom stereocenters. The Morgan fingerprint density at radius 1 is 0.821 bits per heavy atom. The van der Waals surface area contributed by atoms with E-state index in [1.165, 1.54) is 49.3 Å². The van der Waals surface area contributed by atoms with E-state index in [1.807, 2.05) is 24.3 Å². The van der Waals surface area contributed by atoms with Crippen molar-refractivity contribution in [3.8, 4) is 0 Å². The summed E-state index contributed by atoms with van der Waals surface area (Å²) in [6, 6.07) is 22.8. The number of fused-ring (bicyclic) bond motifs is 1. The van der Waals surface area contributed by atoms with E-state index < -0.39 is 6.04 Å². The predicted molar refractivity (Wildman–Crippen MR) is 162 cm³/mol. The second kappa shape index (κ2) is 13.6. The van der Waals surface area contributed by atoms with E-state index in [0.717, 1.165) is 48.5 Å². The lowest BCUT2D eigenvalue weighted by Crippen LogP contribution is -2.53. The van der Waals surface area contributed by atoms with Crippen molar-refractivity contribution in [2.45, 2.75) is 95.3 Å². The van der Waals surface area contributed by atoms with Crippen LogP contribution in [0.15, 0.2) is 71.7 Å². The molecule has 3 aromatic rings. The average molecular weight is 526 g/mol. The second-order valence-corrected chi connectivity index (χ2v) is 11.2. The average Bonchev–Trinajstić information content (AvgIpc) is 2.98. The first-order valence-corrected chi connectivity index (χ1v) is 14.8. The van der Waals surface area contributed by atoms with E-state index in [-0.39, 0.29) is 5.91 Å². The molecule has 0 radical (unpaired) electrons. The van der Waals surface area contributed by atoms with Crippen LogP contribution in [0.25, 0.3) is 10.8 Å². The molecule has 2 aliphatic rings. The molecule has 2 saturated carbocycles. The molecule has 6 nitrogen and oxygen atoms in total. The Morgan fingerprint density at radius 2 is 1.49 bits per heavy atom. The Labute approximate surface area is 232 Å². The van der Waals surface area contributed by atoms with Crippen LogP contribution in [0, 0.1) is 0 Å². The molecule has 0 aromatic heterocycles. The van der Waals surface area contributed by atoms with Crippen LogP contribution >= 0.6 is 0 Å². The Morgan fingerprint density at radius 3 is 2.21 bits per heavy atom. The molecule has 5 N–H and O–H groups in total. The van der Waals surface area contributed by atoms with Gasteiger partial charge in [0.05, 0.1) is 6.04 Å². The predicted octanol–water partition coefficient (Wildman–Crippen LogP) is 6.05. The largest absolute Gasteiger partial charge is 0.354 e. The maximum atomic E-state index is 13.8. The van der Waals surface area contributed by atoms with Gasteiger partial charge in [0.1, 0.15) is 6.04 Å². The van der Waals surface area contributed by atoms with Crippen molar-refractivity contribution in [1.29, 1.82) is 0 Å². The lowest BCUT2D eigenvalue weighted by atomic mass is 9.95. The number of carbonyl (C=O) groups excluding carboxylic acids is 1. The monoisotopic (exact) mass is 525 g/mol. The van der Waals surface area contributed by atoms with Crippen molar-refractivity contribution >= 4 is 28.3 Å². The fourth-order valence-corrected chi connectivity index (χ4v) is 5.88. The minimum Gasteiger partial charge on any atom is -0.354 e. The summed E-state index contributed by atoms with van der Waals surface area (Å²) in [5, 5.41) is 12.8. The first-order valence-electron chi connectivity index (χ1n) is 14.8. The van der Waals surface area contributed by atoms with E-state index in [1.54, 1.807) is 0 Å². The molecule has 0 unspecified atom stereocenters. The Balaban J connectivity index is 1.40. The number of hydrogen-bond donors (Lipinski definition) is 4. The Kier molecular flexibility index (Phi) is 9.49. The molecule has 39 heavy (non-hydrogen) atoms. The van der Waals surface area contributed by atoms with Gasteiger partial charge in [0.2, 0.25) is 5.91 Å². The lowest BCUT2D eigenvalue weighted by molar-refractivity contribution is -0.117. The van der Waals surface area contributed by atoms with Gasteiger partial charge in [-0.2, -0.15) is 0 Å². The van der Waals surface area contributed by atoms with Crippen LogP contribution in [0.4, 0.5) is 5.69 Å². The number of anilines is 1.